The van der Waals surface area contributed by atoms with Crippen molar-refractivity contribution in [2.75, 3.05) is 5.32 Å². The number of nitrogens with one attached hydrogen (secondary N) is 3. The number of carbonyl (C=O) groups is 2. The van der Waals surface area contributed by atoms with Crippen molar-refractivity contribution in [2.45, 2.75) is 81.8 Å². The summed E-state index contributed by atoms with van der Waals surface area (Å²) in [6.45, 7) is 1.84. The van der Waals surface area contributed by atoms with Gasteiger partial charge >= 0.3 is 12.2 Å². The lowest BCUT2D eigenvalue weighted by molar-refractivity contribution is -0.142. The van der Waals surface area contributed by atoms with Gasteiger partial charge in [0.1, 0.15) is 35.2 Å². The number of aliphatic hydroxyl groups is 1. The normalized spacial score (nSPS) is 18.5. The summed E-state index contributed by atoms with van der Waals surface area (Å²) in [4.78, 5) is 31.4. The first kappa shape index (κ1) is 38.9. The number of rotatable bonds is 9. The second-order valence-electron chi connectivity index (χ2n) is 15.4. The van der Waals surface area contributed by atoms with Crippen molar-refractivity contribution < 1.29 is 45.4 Å². The molecule has 3 aliphatic carbocycles. The number of benzene rings is 2. The van der Waals surface area contributed by atoms with E-state index in [9.17, 15) is 36.6 Å². The number of pyridine rings is 1. The molecule has 3 heterocycles. The standard InChI is InChI=1S/C40H35F7N8O3/c1-38(2,58)12-11-23-9-10-24(25-5-4-6-26-33(25)54(3)53-36(26)51-37(57)49-22-7-8-22)32(48-23)29(15-19-13-20(41)16-21(42)14-19)50-30(56)18-55-35-31(34(52-55)40(45,46)47)27-17-28(27)39(35,43)44/h4-6,9-10,13-14,16,22,27-29,58H,7-8,15,17-18H2,1-3H3,(H,50,56)(H2,49,51,53,57)/t27-,28?,29-/m0/s1. The van der Waals surface area contributed by atoms with Gasteiger partial charge in [-0.3, -0.25) is 19.5 Å². The number of urea groups is 1. The first-order valence-electron chi connectivity index (χ1n) is 18.4. The number of para-hydroxylation sites is 1. The number of hydrogen-bond acceptors (Lipinski definition) is 6. The lowest BCUT2D eigenvalue weighted by Crippen LogP contribution is -2.35. The molecule has 0 bridgehead atoms. The van der Waals surface area contributed by atoms with Crippen LogP contribution in [0.4, 0.5) is 41.3 Å². The van der Waals surface area contributed by atoms with Crippen LogP contribution in [0.3, 0.4) is 0 Å². The van der Waals surface area contributed by atoms with Crippen LogP contribution >= 0.6 is 0 Å². The molecule has 2 saturated carbocycles. The van der Waals surface area contributed by atoms with Gasteiger partial charge in [0.2, 0.25) is 5.91 Å². The Morgan fingerprint density at radius 1 is 1.03 bits per heavy atom. The lowest BCUT2D eigenvalue weighted by atomic mass is 9.93. The average molecular weight is 809 g/mol. The van der Waals surface area contributed by atoms with Gasteiger partial charge in [0.15, 0.2) is 11.5 Å². The number of alkyl halides is 5. The van der Waals surface area contributed by atoms with Gasteiger partial charge < -0.3 is 15.7 Å². The fraction of sp³-hybridized carbons (Fsp3) is 0.375. The molecule has 18 heteroatoms. The number of halogens is 7. The third-order valence-corrected chi connectivity index (χ3v) is 10.2. The van der Waals surface area contributed by atoms with E-state index in [1.165, 1.54) is 24.6 Å². The summed E-state index contributed by atoms with van der Waals surface area (Å²) in [7, 11) is 1.64. The van der Waals surface area contributed by atoms with E-state index in [0.29, 0.717) is 32.8 Å². The summed E-state index contributed by atoms with van der Waals surface area (Å²) in [6, 6.07) is 9.26. The minimum absolute atomic E-state index is 0.0430. The number of aromatic nitrogens is 5. The monoisotopic (exact) mass is 808 g/mol. The van der Waals surface area contributed by atoms with Crippen molar-refractivity contribution in [3.05, 3.63) is 94.1 Å². The van der Waals surface area contributed by atoms with Gasteiger partial charge in [-0.15, -0.1) is 0 Å². The van der Waals surface area contributed by atoms with E-state index in [1.54, 1.807) is 31.3 Å². The first-order valence-corrected chi connectivity index (χ1v) is 18.4. The van der Waals surface area contributed by atoms with Gasteiger partial charge in [0, 0.05) is 47.2 Å². The largest absolute Gasteiger partial charge is 0.435 e. The second-order valence-corrected chi connectivity index (χ2v) is 15.4. The summed E-state index contributed by atoms with van der Waals surface area (Å²) in [5.41, 5.74) is -3.02. The molecule has 3 aromatic heterocycles. The summed E-state index contributed by atoms with van der Waals surface area (Å²) in [5.74, 6) is -3.28. The third kappa shape index (κ3) is 7.58. The van der Waals surface area contributed by atoms with Crippen LogP contribution in [0.2, 0.25) is 0 Å². The van der Waals surface area contributed by atoms with Crippen molar-refractivity contribution in [3.63, 3.8) is 0 Å². The van der Waals surface area contributed by atoms with Gasteiger partial charge in [-0.1, -0.05) is 18.1 Å². The fourth-order valence-corrected chi connectivity index (χ4v) is 7.61. The molecule has 3 amide bonds. The molecule has 5 aromatic rings. The zero-order chi connectivity index (χ0) is 41.5. The Balaban J connectivity index is 1.24. The van der Waals surface area contributed by atoms with E-state index in [2.05, 4.69) is 38.0 Å². The average Bonchev–Trinajstić information content (AvgIpc) is 4.03. The van der Waals surface area contributed by atoms with Crippen molar-refractivity contribution >= 4 is 28.7 Å². The molecule has 0 radical (unpaired) electrons. The van der Waals surface area contributed by atoms with Gasteiger partial charge in [-0.05, 0) is 87.3 Å². The quantitative estimate of drug-likeness (QED) is 0.0951. The second kappa shape index (κ2) is 13.9. The van der Waals surface area contributed by atoms with Gasteiger partial charge in [0.05, 0.1) is 17.3 Å². The van der Waals surface area contributed by atoms with E-state index in [-0.39, 0.29) is 41.7 Å². The van der Waals surface area contributed by atoms with Crippen molar-refractivity contribution in [1.82, 2.24) is 35.2 Å². The van der Waals surface area contributed by atoms with Gasteiger partial charge in [-0.25, -0.2) is 18.6 Å². The van der Waals surface area contributed by atoms with Gasteiger partial charge in [0.25, 0.3) is 5.92 Å². The molecule has 2 fully saturated rings. The molecular formula is C40H35F7N8O3. The number of aryl methyl sites for hydroxylation is 1. The Bertz CT molecular complexity index is 2540. The summed E-state index contributed by atoms with van der Waals surface area (Å²) in [5, 5.41) is 27.1. The molecule has 0 spiro atoms. The number of amides is 3. The summed E-state index contributed by atoms with van der Waals surface area (Å²) < 4.78 is 104. The molecule has 4 N–H and O–H groups in total. The molecule has 1 unspecified atom stereocenters. The van der Waals surface area contributed by atoms with E-state index in [1.807, 2.05) is 0 Å². The van der Waals surface area contributed by atoms with E-state index in [0.717, 1.165) is 25.0 Å². The van der Waals surface area contributed by atoms with Crippen LogP contribution in [0, 0.1) is 29.4 Å². The topological polar surface area (TPSA) is 139 Å². The van der Waals surface area contributed by atoms with Crippen LogP contribution in [0.15, 0.2) is 48.5 Å². The summed E-state index contributed by atoms with van der Waals surface area (Å²) >= 11 is 0. The van der Waals surface area contributed by atoms with Crippen LogP contribution in [-0.2, 0) is 36.9 Å². The lowest BCUT2D eigenvalue weighted by Gasteiger charge is -2.23. The molecule has 3 aliphatic rings. The first-order chi connectivity index (χ1) is 27.3. The maximum atomic E-state index is 15.4. The van der Waals surface area contributed by atoms with E-state index < -0.39 is 82.6 Å². The predicted octanol–water partition coefficient (Wildman–Crippen LogP) is 6.84. The van der Waals surface area contributed by atoms with Crippen molar-refractivity contribution in [2.24, 2.45) is 13.0 Å². The maximum Gasteiger partial charge on any atom is 0.435 e. The molecule has 0 saturated heterocycles. The highest BCUT2D eigenvalue weighted by molar-refractivity contribution is 6.04. The minimum atomic E-state index is -5.06. The smallest absolute Gasteiger partial charge is 0.378 e. The zero-order valence-corrected chi connectivity index (χ0v) is 31.1. The summed E-state index contributed by atoms with van der Waals surface area (Å²) in [6.07, 6.45) is -3.82. The zero-order valence-electron chi connectivity index (χ0n) is 31.1. The SMILES string of the molecule is Cn1nc(NC(=O)NC2CC2)c2cccc(-c3ccc(C#CC(C)(C)O)nc3[C@H](Cc3cc(F)cc(F)c3)NC(=O)Cn3nc(C(F)(F)F)c4c3C(F)(F)C3C[C@H]43)c21. The van der Waals surface area contributed by atoms with Crippen LogP contribution < -0.4 is 16.0 Å². The molecule has 3 atom stereocenters. The van der Waals surface area contributed by atoms with Crippen molar-refractivity contribution in [3.8, 4) is 23.0 Å². The molecule has 58 heavy (non-hydrogen) atoms. The molecule has 302 valence electrons. The Morgan fingerprint density at radius 3 is 2.43 bits per heavy atom. The molecule has 2 aromatic carbocycles. The number of nitrogens with zero attached hydrogens (tertiary/aromatic N) is 5. The van der Waals surface area contributed by atoms with Crippen LogP contribution in [0.5, 0.6) is 0 Å². The minimum Gasteiger partial charge on any atom is -0.378 e. The predicted molar refractivity (Wildman–Crippen MR) is 195 cm³/mol. The van der Waals surface area contributed by atoms with E-state index in [4.69, 9.17) is 4.98 Å². The highest BCUT2D eigenvalue weighted by Crippen LogP contribution is 2.68. The van der Waals surface area contributed by atoms with Crippen LogP contribution in [-0.4, -0.2) is 53.2 Å². The molecule has 0 aliphatic heterocycles. The Kier molecular flexibility index (Phi) is 9.29. The van der Waals surface area contributed by atoms with Crippen molar-refractivity contribution in [1.29, 1.82) is 0 Å². The molecule has 11 nitrogen and oxygen atoms in total. The maximum absolute atomic E-state index is 15.4. The van der Waals surface area contributed by atoms with E-state index >= 15 is 8.78 Å². The highest BCUT2D eigenvalue weighted by atomic mass is 19.4. The Hall–Kier alpha value is -5.96. The molecular weight excluding hydrogens is 773 g/mol. The fourth-order valence-electron chi connectivity index (χ4n) is 7.61. The van der Waals surface area contributed by atoms with Crippen LogP contribution in [0.25, 0.3) is 22.0 Å². The molecule has 8 rings (SSSR count). The number of hydrogen-bond donors (Lipinski definition) is 4. The highest BCUT2D eigenvalue weighted by Gasteiger charge is 2.68. The number of carbonyl (C=O) groups excluding carboxylic acids is 2. The Labute approximate surface area is 326 Å². The number of fused-ring (bicyclic) bond motifs is 4. The van der Waals surface area contributed by atoms with Gasteiger partial charge in [-0.2, -0.15) is 32.1 Å². The Morgan fingerprint density at radius 2 is 1.76 bits per heavy atom. The van der Waals surface area contributed by atoms with Crippen LogP contribution in [0.1, 0.15) is 79.0 Å². The third-order valence-electron chi connectivity index (χ3n) is 10.2. The number of anilines is 1.